The van der Waals surface area contributed by atoms with E-state index in [1.54, 1.807) is 24.3 Å². The van der Waals surface area contributed by atoms with Crippen LogP contribution in [0, 0.1) is 0 Å². The zero-order chi connectivity index (χ0) is 50.7. The van der Waals surface area contributed by atoms with E-state index in [0.717, 1.165) is 10.9 Å². The molecular weight excluding hydrogens is 1030 g/mol. The number of phosphoric acid groups is 3. The molecule has 11 atom stereocenters. The fourth-order valence-corrected chi connectivity index (χ4v) is 9.31. The van der Waals surface area contributed by atoms with E-state index < -0.39 is 116 Å². The Hall–Kier alpha value is -4.34. The number of fused-ring (bicyclic) bond motifs is 2. The highest BCUT2D eigenvalue weighted by Gasteiger charge is 2.50. The zero-order valence-corrected chi connectivity index (χ0v) is 39.6. The minimum absolute atomic E-state index is 0.0145. The first-order chi connectivity index (χ1) is 33.0. The summed E-state index contributed by atoms with van der Waals surface area (Å²) in [7, 11) is -14.6. The smallest absolute Gasteiger partial charge is 0.472 e. The fourth-order valence-electron chi connectivity index (χ4n) is 7.14. The van der Waals surface area contributed by atoms with Gasteiger partial charge in [-0.05, 0) is 24.3 Å². The summed E-state index contributed by atoms with van der Waals surface area (Å²) in [5, 5.41) is 33.2. The van der Waals surface area contributed by atoms with Crippen molar-refractivity contribution in [3.63, 3.8) is 0 Å². The van der Waals surface area contributed by atoms with Crippen LogP contribution in [0.2, 0.25) is 5.02 Å². The van der Waals surface area contributed by atoms with E-state index in [9.17, 15) is 58.2 Å². The summed E-state index contributed by atoms with van der Waals surface area (Å²) in [6.07, 6.45) is -11.7. The lowest BCUT2D eigenvalue weighted by Gasteiger charge is -2.22. The molecule has 4 aromatic heterocycles. The minimum atomic E-state index is -5.46. The summed E-state index contributed by atoms with van der Waals surface area (Å²) in [4.78, 5) is 82.1. The fraction of sp³-hybridized carbons (Fsp3) is 0.529. The molecule has 386 valence electrons. The molecule has 5 aromatic rings. The summed E-state index contributed by atoms with van der Waals surface area (Å²) < 4.78 is 94.2. The maximum absolute atomic E-state index is 13.2. The SMILES string of the molecule is COCCO[C@@H]1[C@H](O)[C@@H](COP(=O)(O)OCC(COP(=O)(O)OC[C@H]2O[C@@H](n3cnc4c(=O)[nH]c(N)nc43)[C@H](O)[C@@H]2O)OP(=O)(O)O)O[C@H]1[n+]1cn(CCOc2ccc(Cl)cc2)c2c(=O)[nH]c(N)nc21. The summed E-state index contributed by atoms with van der Waals surface area (Å²) in [6.45, 7) is -4.21. The third kappa shape index (κ3) is 13.0. The van der Waals surface area contributed by atoms with E-state index in [-0.39, 0.29) is 60.6 Å². The van der Waals surface area contributed by atoms with E-state index in [4.69, 9.17) is 64.8 Å². The number of nitrogens with zero attached hydrogens (tertiary/aromatic N) is 6. The van der Waals surface area contributed by atoms with E-state index >= 15 is 0 Å². The van der Waals surface area contributed by atoms with Gasteiger partial charge >= 0.3 is 29.1 Å². The molecular formula is C34H47ClN10O22P3+. The van der Waals surface area contributed by atoms with Crippen LogP contribution in [0.15, 0.2) is 46.5 Å². The molecule has 2 saturated heterocycles. The van der Waals surface area contributed by atoms with Crippen molar-refractivity contribution >= 4 is 69.3 Å². The number of methoxy groups -OCH3 is 1. The number of ether oxygens (including phenoxy) is 5. The molecule has 0 amide bonds. The van der Waals surface area contributed by atoms with Gasteiger partial charge in [0.15, 0.2) is 23.7 Å². The van der Waals surface area contributed by atoms with Gasteiger partial charge in [-0.15, -0.1) is 0 Å². The first kappa shape index (κ1) is 53.5. The second-order valence-corrected chi connectivity index (χ2v) is 19.7. The molecule has 0 saturated carbocycles. The molecule has 0 spiro atoms. The maximum Gasteiger partial charge on any atom is 0.472 e. The van der Waals surface area contributed by atoms with Gasteiger partial charge in [-0.3, -0.25) is 51.3 Å². The number of hydrogen-bond donors (Lipinski definition) is 11. The second kappa shape index (κ2) is 22.2. The first-order valence-electron chi connectivity index (χ1n) is 20.4. The normalized spacial score (nSPS) is 25.1. The third-order valence-corrected chi connectivity index (χ3v) is 13.0. The molecule has 0 aliphatic carbocycles. The minimum Gasteiger partial charge on any atom is -0.490 e. The lowest BCUT2D eigenvalue weighted by atomic mass is 10.1. The first-order valence-corrected chi connectivity index (χ1v) is 25.3. The molecule has 2 fully saturated rings. The van der Waals surface area contributed by atoms with Gasteiger partial charge in [0, 0.05) is 12.1 Å². The van der Waals surface area contributed by atoms with Crippen molar-refractivity contribution in [1.29, 1.82) is 0 Å². The number of imidazole rings is 2. The Labute approximate surface area is 396 Å². The Morgan fingerprint density at radius 1 is 0.843 bits per heavy atom. The predicted octanol–water partition coefficient (Wildman–Crippen LogP) is -2.30. The van der Waals surface area contributed by atoms with Crippen LogP contribution in [-0.4, -0.2) is 165 Å². The number of aromatic amines is 2. The molecule has 2 aliphatic rings. The number of hydrogen-bond acceptors (Lipinski definition) is 23. The van der Waals surface area contributed by atoms with Gasteiger partial charge in [0.1, 0.15) is 61.6 Å². The highest BCUT2D eigenvalue weighted by molar-refractivity contribution is 7.47. The monoisotopic (exact) mass is 1080 g/mol. The molecule has 0 radical (unpaired) electrons. The molecule has 36 heteroatoms. The van der Waals surface area contributed by atoms with Crippen molar-refractivity contribution in [2.75, 3.05) is 64.8 Å². The maximum atomic E-state index is 13.2. The van der Waals surface area contributed by atoms with Gasteiger partial charge in [0.2, 0.25) is 17.7 Å². The van der Waals surface area contributed by atoms with Crippen LogP contribution in [0.1, 0.15) is 12.5 Å². The number of anilines is 2. The number of rotatable bonds is 24. The van der Waals surface area contributed by atoms with Gasteiger partial charge in [-0.1, -0.05) is 16.6 Å². The number of phosphoric ester groups is 3. The average Bonchev–Trinajstić information content (AvgIpc) is 4.03. The van der Waals surface area contributed by atoms with Gasteiger partial charge < -0.3 is 70.0 Å². The van der Waals surface area contributed by atoms with Crippen molar-refractivity contribution in [3.05, 3.63) is 62.7 Å². The average molecular weight is 1080 g/mol. The number of halogens is 1. The summed E-state index contributed by atoms with van der Waals surface area (Å²) in [6, 6.07) is 6.56. The Balaban J connectivity index is 0.971. The lowest BCUT2D eigenvalue weighted by Crippen LogP contribution is -2.47. The number of aromatic nitrogens is 8. The molecule has 0 bridgehead atoms. The Morgan fingerprint density at radius 2 is 1.47 bits per heavy atom. The highest BCUT2D eigenvalue weighted by atomic mass is 35.5. The van der Waals surface area contributed by atoms with Crippen molar-refractivity contribution in [1.82, 2.24) is 34.1 Å². The molecule has 6 heterocycles. The summed E-state index contributed by atoms with van der Waals surface area (Å²) >= 11 is 5.96. The highest BCUT2D eigenvalue weighted by Crippen LogP contribution is 2.48. The van der Waals surface area contributed by atoms with Crippen molar-refractivity contribution in [3.8, 4) is 5.75 Å². The van der Waals surface area contributed by atoms with Crippen LogP contribution < -0.4 is 31.9 Å². The van der Waals surface area contributed by atoms with Crippen LogP contribution in [0.25, 0.3) is 22.3 Å². The molecule has 13 N–H and O–H groups in total. The van der Waals surface area contributed by atoms with Gasteiger partial charge in [-0.25, -0.2) is 23.2 Å². The van der Waals surface area contributed by atoms with E-state index in [1.807, 2.05) is 0 Å². The second-order valence-electron chi connectivity index (χ2n) is 15.2. The van der Waals surface area contributed by atoms with E-state index in [1.165, 1.54) is 22.6 Å². The van der Waals surface area contributed by atoms with Gasteiger partial charge in [0.25, 0.3) is 17.1 Å². The third-order valence-electron chi connectivity index (χ3n) is 10.3. The Morgan fingerprint density at radius 3 is 2.11 bits per heavy atom. The standard InChI is InChI=1S/C34H46ClN10O22P3/c1-58-8-9-60-26-24(47)20(66-32(26)45-15-43(22-28(45)40-34(37)42-30(22)50)6-7-59-17-4-2-16(35)3-5-17)13-64-70(56,57)62-11-18(67-68(51,52)53)10-61-69(54,55)63-12-19-23(46)25(48)31(65-19)44-14-38-21-27(44)39-33(36)41-29(21)49/h2-5,14-15,18-20,23-26,31-32,46-48H,6-13H2,1H3,(H9-,36,37,39,40,41,42,49,50,51,52,53,54,55,56,57)/p+1/t18?,19-,20-,23-,24-,25-,26-,31-,32-/m1/s1. The molecule has 70 heavy (non-hydrogen) atoms. The van der Waals surface area contributed by atoms with Gasteiger partial charge in [0.05, 0.1) is 46.0 Å². The molecule has 1 aromatic carbocycles. The topological polar surface area (TPSA) is 455 Å². The number of aliphatic hydroxyl groups is 3. The Bertz CT molecular complexity index is 2890. The largest absolute Gasteiger partial charge is 0.490 e. The van der Waals surface area contributed by atoms with Crippen molar-refractivity contribution < 1.29 is 99.5 Å². The quantitative estimate of drug-likeness (QED) is 0.0176. The van der Waals surface area contributed by atoms with Crippen molar-refractivity contribution in [2.45, 2.75) is 61.7 Å². The molecule has 7 rings (SSSR count). The zero-order valence-electron chi connectivity index (χ0n) is 36.1. The van der Waals surface area contributed by atoms with Crippen LogP contribution in [0.5, 0.6) is 5.75 Å². The van der Waals surface area contributed by atoms with E-state index in [2.05, 4.69) is 29.4 Å². The number of H-pyrrole nitrogens is 2. The molecule has 3 unspecified atom stereocenters. The molecule has 2 aliphatic heterocycles. The van der Waals surface area contributed by atoms with E-state index in [0.29, 0.717) is 10.8 Å². The number of benzene rings is 1. The van der Waals surface area contributed by atoms with Crippen LogP contribution in [-0.2, 0) is 61.8 Å². The van der Waals surface area contributed by atoms with Crippen LogP contribution in [0.3, 0.4) is 0 Å². The predicted molar refractivity (Wildman–Crippen MR) is 232 cm³/mol. The van der Waals surface area contributed by atoms with Gasteiger partial charge in [-0.2, -0.15) is 4.98 Å². The Kier molecular flexibility index (Phi) is 16.9. The van der Waals surface area contributed by atoms with Crippen LogP contribution in [0.4, 0.5) is 11.9 Å². The lowest BCUT2D eigenvalue weighted by molar-refractivity contribution is -0.746. The van der Waals surface area contributed by atoms with Crippen molar-refractivity contribution in [2.24, 2.45) is 0 Å². The summed E-state index contributed by atoms with van der Waals surface area (Å²) in [5.41, 5.74) is 9.84. The van der Waals surface area contributed by atoms with Crippen LogP contribution >= 0.6 is 35.1 Å². The number of nitrogens with one attached hydrogen (secondary N) is 2. The number of nitrogens with two attached hydrogens (primary N) is 2. The molecule has 32 nitrogen and oxygen atoms in total. The number of nitrogen functional groups attached to an aromatic ring is 2. The summed E-state index contributed by atoms with van der Waals surface area (Å²) in [5.74, 6) is -0.0740. The number of aliphatic hydroxyl groups excluding tert-OH is 3.